The quantitative estimate of drug-likeness (QED) is 0.747. The summed E-state index contributed by atoms with van der Waals surface area (Å²) in [5, 5.41) is 8.73. The van der Waals surface area contributed by atoms with E-state index in [1.165, 1.54) is 10.5 Å². The lowest BCUT2D eigenvalue weighted by Crippen LogP contribution is -2.41. The van der Waals surface area contributed by atoms with E-state index in [2.05, 4.69) is 4.98 Å². The molecule has 0 aromatic carbocycles. The average Bonchev–Trinajstić information content (AvgIpc) is 2.53. The molecule has 3 N–H and O–H groups in total. The van der Waals surface area contributed by atoms with Crippen molar-refractivity contribution >= 4 is 10.0 Å². The average molecular weight is 315 g/mol. The molecule has 2 heterocycles. The molecule has 8 heteroatoms. The van der Waals surface area contributed by atoms with Crippen molar-refractivity contribution in [2.45, 2.75) is 30.4 Å². The predicted molar refractivity (Wildman–Crippen MR) is 76.9 cm³/mol. The van der Waals surface area contributed by atoms with Crippen molar-refractivity contribution in [3.63, 3.8) is 0 Å². The Balaban J connectivity index is 2.08. The highest BCUT2D eigenvalue weighted by Gasteiger charge is 2.31. The number of ether oxygens (including phenoxy) is 1. The van der Waals surface area contributed by atoms with Gasteiger partial charge in [-0.2, -0.15) is 4.31 Å². The largest absolute Gasteiger partial charge is 0.394 e. The standard InChI is InChI=1S/C13H21N3O4S/c14-10-12-13(2-1-5-15-12)21(18,19)16-6-3-11(4-7-16)20-9-8-17/h1-2,5,11,17H,3-4,6-10,14H2. The number of sulfonamides is 1. The van der Waals surface area contributed by atoms with Gasteiger partial charge < -0.3 is 15.6 Å². The summed E-state index contributed by atoms with van der Waals surface area (Å²) in [5.41, 5.74) is 5.95. The van der Waals surface area contributed by atoms with Crippen LogP contribution in [0, 0.1) is 0 Å². The van der Waals surface area contributed by atoms with Gasteiger partial charge in [0.2, 0.25) is 10.0 Å². The number of piperidine rings is 1. The number of nitrogens with two attached hydrogens (primary N) is 1. The van der Waals surface area contributed by atoms with Gasteiger partial charge in [-0.05, 0) is 25.0 Å². The maximum atomic E-state index is 12.6. The van der Waals surface area contributed by atoms with Crippen LogP contribution in [-0.4, -0.2) is 55.2 Å². The fraction of sp³-hybridized carbons (Fsp3) is 0.615. The minimum Gasteiger partial charge on any atom is -0.394 e. The number of aromatic nitrogens is 1. The molecule has 2 rings (SSSR count). The summed E-state index contributed by atoms with van der Waals surface area (Å²) >= 11 is 0. The Hall–Kier alpha value is -1.06. The van der Waals surface area contributed by atoms with Gasteiger partial charge >= 0.3 is 0 Å². The molecule has 0 amide bonds. The van der Waals surface area contributed by atoms with Crippen molar-refractivity contribution in [1.29, 1.82) is 0 Å². The fourth-order valence-corrected chi connectivity index (χ4v) is 4.06. The second-order valence-corrected chi connectivity index (χ2v) is 6.76. The van der Waals surface area contributed by atoms with Gasteiger partial charge in [-0.3, -0.25) is 4.98 Å². The summed E-state index contributed by atoms with van der Waals surface area (Å²) in [7, 11) is -3.56. The second kappa shape index (κ2) is 7.28. The summed E-state index contributed by atoms with van der Waals surface area (Å²) < 4.78 is 32.2. The van der Waals surface area contributed by atoms with E-state index in [1.54, 1.807) is 12.1 Å². The molecule has 1 aromatic heterocycles. The lowest BCUT2D eigenvalue weighted by atomic mass is 10.1. The second-order valence-electron chi connectivity index (χ2n) is 4.85. The first kappa shape index (κ1) is 16.3. The zero-order valence-corrected chi connectivity index (χ0v) is 12.6. The van der Waals surface area contributed by atoms with Crippen molar-refractivity contribution in [2.75, 3.05) is 26.3 Å². The lowest BCUT2D eigenvalue weighted by Gasteiger charge is -2.31. The third-order valence-corrected chi connectivity index (χ3v) is 5.48. The molecule has 1 fully saturated rings. The van der Waals surface area contributed by atoms with E-state index in [4.69, 9.17) is 15.6 Å². The van der Waals surface area contributed by atoms with Crippen LogP contribution in [0.2, 0.25) is 0 Å². The van der Waals surface area contributed by atoms with Crippen LogP contribution in [0.25, 0.3) is 0 Å². The maximum absolute atomic E-state index is 12.6. The number of aliphatic hydroxyl groups is 1. The molecular weight excluding hydrogens is 294 g/mol. The summed E-state index contributed by atoms with van der Waals surface area (Å²) in [6.45, 7) is 1.16. The smallest absolute Gasteiger partial charge is 0.244 e. The van der Waals surface area contributed by atoms with Crippen LogP contribution in [0.3, 0.4) is 0 Å². The molecule has 0 aliphatic carbocycles. The van der Waals surface area contributed by atoms with Crippen molar-refractivity contribution < 1.29 is 18.3 Å². The Kier molecular flexibility index (Phi) is 5.65. The Morgan fingerprint density at radius 1 is 1.43 bits per heavy atom. The van der Waals surface area contributed by atoms with Crippen molar-refractivity contribution in [1.82, 2.24) is 9.29 Å². The minimum atomic E-state index is -3.56. The van der Waals surface area contributed by atoms with Crippen LogP contribution < -0.4 is 5.73 Å². The number of aliphatic hydroxyl groups excluding tert-OH is 1. The number of nitrogens with zero attached hydrogens (tertiary/aromatic N) is 2. The SMILES string of the molecule is NCc1ncccc1S(=O)(=O)N1CCC(OCCO)CC1. The van der Waals surface area contributed by atoms with Crippen LogP contribution >= 0.6 is 0 Å². The van der Waals surface area contributed by atoms with Crippen LogP contribution in [0.1, 0.15) is 18.5 Å². The van der Waals surface area contributed by atoms with Gasteiger partial charge in [0.1, 0.15) is 4.90 Å². The normalized spacial score (nSPS) is 18.0. The number of pyridine rings is 1. The van der Waals surface area contributed by atoms with E-state index >= 15 is 0 Å². The van der Waals surface area contributed by atoms with Gasteiger partial charge in [-0.15, -0.1) is 0 Å². The zero-order chi connectivity index (χ0) is 15.3. The summed E-state index contributed by atoms with van der Waals surface area (Å²) in [6.07, 6.45) is 2.79. The highest BCUT2D eigenvalue weighted by molar-refractivity contribution is 7.89. The number of hydrogen-bond donors (Lipinski definition) is 2. The van der Waals surface area contributed by atoms with E-state index in [0.29, 0.717) is 31.6 Å². The third kappa shape index (κ3) is 3.78. The van der Waals surface area contributed by atoms with Gasteiger partial charge in [0.15, 0.2) is 0 Å². The van der Waals surface area contributed by atoms with Gasteiger partial charge in [-0.1, -0.05) is 0 Å². The van der Waals surface area contributed by atoms with Crippen LogP contribution in [0.4, 0.5) is 0 Å². The first-order valence-corrected chi connectivity index (χ1v) is 8.40. The summed E-state index contributed by atoms with van der Waals surface area (Å²) in [4.78, 5) is 4.21. The molecule has 21 heavy (non-hydrogen) atoms. The van der Waals surface area contributed by atoms with Gasteiger partial charge in [-0.25, -0.2) is 8.42 Å². The Labute approximate surface area is 124 Å². The molecule has 0 unspecified atom stereocenters. The summed E-state index contributed by atoms with van der Waals surface area (Å²) in [6, 6.07) is 3.14. The minimum absolute atomic E-state index is 0.00600. The summed E-state index contributed by atoms with van der Waals surface area (Å²) in [5.74, 6) is 0. The molecule has 0 radical (unpaired) electrons. The van der Waals surface area contributed by atoms with Gasteiger partial charge in [0.25, 0.3) is 0 Å². The number of rotatable bonds is 6. The molecule has 0 spiro atoms. The monoisotopic (exact) mass is 315 g/mol. The van der Waals surface area contributed by atoms with Gasteiger partial charge in [0, 0.05) is 25.8 Å². The Bertz CT molecular complexity index is 556. The van der Waals surface area contributed by atoms with E-state index in [1.807, 2.05) is 0 Å². The number of hydrogen-bond acceptors (Lipinski definition) is 6. The zero-order valence-electron chi connectivity index (χ0n) is 11.8. The molecule has 0 atom stereocenters. The first-order chi connectivity index (χ1) is 10.1. The Morgan fingerprint density at radius 2 is 2.14 bits per heavy atom. The molecule has 1 aliphatic heterocycles. The van der Waals surface area contributed by atoms with Crippen LogP contribution in [-0.2, 0) is 21.3 Å². The van der Waals surface area contributed by atoms with E-state index in [-0.39, 0.29) is 30.8 Å². The highest BCUT2D eigenvalue weighted by Crippen LogP contribution is 2.23. The fourth-order valence-electron chi connectivity index (χ4n) is 2.41. The molecule has 0 bridgehead atoms. The maximum Gasteiger partial charge on any atom is 0.244 e. The molecule has 118 valence electrons. The lowest BCUT2D eigenvalue weighted by molar-refractivity contribution is 0.00318. The molecule has 1 saturated heterocycles. The van der Waals surface area contributed by atoms with Crippen LogP contribution in [0.15, 0.2) is 23.2 Å². The highest BCUT2D eigenvalue weighted by atomic mass is 32.2. The van der Waals surface area contributed by atoms with Crippen molar-refractivity contribution in [3.05, 3.63) is 24.0 Å². The molecule has 1 aromatic rings. The topological polar surface area (TPSA) is 106 Å². The Morgan fingerprint density at radius 3 is 2.76 bits per heavy atom. The van der Waals surface area contributed by atoms with Crippen molar-refractivity contribution in [3.8, 4) is 0 Å². The van der Waals surface area contributed by atoms with E-state index in [9.17, 15) is 8.42 Å². The van der Waals surface area contributed by atoms with Gasteiger partial charge in [0.05, 0.1) is 25.0 Å². The predicted octanol–water partition coefficient (Wildman–Crippen LogP) is -0.298. The van der Waals surface area contributed by atoms with E-state index < -0.39 is 10.0 Å². The molecule has 7 nitrogen and oxygen atoms in total. The first-order valence-electron chi connectivity index (χ1n) is 6.96. The third-order valence-electron chi connectivity index (χ3n) is 3.51. The molecule has 1 aliphatic rings. The molecule has 0 saturated carbocycles. The van der Waals surface area contributed by atoms with Crippen molar-refractivity contribution in [2.24, 2.45) is 5.73 Å². The van der Waals surface area contributed by atoms with Crippen LogP contribution in [0.5, 0.6) is 0 Å². The molecular formula is C13H21N3O4S. The van der Waals surface area contributed by atoms with E-state index in [0.717, 1.165) is 0 Å².